The third kappa shape index (κ3) is 2.91. The van der Waals surface area contributed by atoms with Crippen molar-refractivity contribution < 1.29 is 9.84 Å². The van der Waals surface area contributed by atoms with Crippen molar-refractivity contribution >= 4 is 5.82 Å². The van der Waals surface area contributed by atoms with Crippen molar-refractivity contribution in [2.24, 2.45) is 0 Å². The molecule has 0 spiro atoms. The molecule has 0 amide bonds. The average Bonchev–Trinajstić information content (AvgIpc) is 2.90. The van der Waals surface area contributed by atoms with E-state index < -0.39 is 6.10 Å². The minimum absolute atomic E-state index is 0.128. The van der Waals surface area contributed by atoms with Gasteiger partial charge in [-0.05, 0) is 36.8 Å². The number of aromatic amines is 1. The highest BCUT2D eigenvalue weighted by atomic mass is 16.5. The Kier molecular flexibility index (Phi) is 4.39. The van der Waals surface area contributed by atoms with Crippen LogP contribution in [0, 0.1) is 0 Å². The molecule has 6 nitrogen and oxygen atoms in total. The Morgan fingerprint density at radius 2 is 1.83 bits per heavy atom. The van der Waals surface area contributed by atoms with Gasteiger partial charge in [0.2, 0.25) is 0 Å². The van der Waals surface area contributed by atoms with Crippen molar-refractivity contribution in [2.75, 3.05) is 12.3 Å². The number of para-hydroxylation sites is 1. The van der Waals surface area contributed by atoms with Crippen LogP contribution in [0.15, 0.2) is 59.4 Å². The van der Waals surface area contributed by atoms with E-state index in [1.54, 1.807) is 36.4 Å². The summed E-state index contributed by atoms with van der Waals surface area (Å²) < 4.78 is 6.70. The first kappa shape index (κ1) is 15.9. The van der Waals surface area contributed by atoms with Gasteiger partial charge in [-0.15, -0.1) is 0 Å². The maximum atomic E-state index is 12.6. The lowest BCUT2D eigenvalue weighted by molar-refractivity contribution is 0.219. The molecule has 0 radical (unpaired) electrons. The molecule has 3 aromatic rings. The molecular formula is C18H19N3O3. The number of aromatic nitrogens is 2. The number of nitrogens with two attached hydrogens (primary N) is 1. The molecule has 6 heteroatoms. The number of aliphatic hydroxyl groups is 1. The molecule has 0 aliphatic rings. The Bertz CT molecular complexity index is 867. The number of nitrogen functional groups attached to an aromatic ring is 1. The van der Waals surface area contributed by atoms with Gasteiger partial charge in [-0.2, -0.15) is 0 Å². The second kappa shape index (κ2) is 6.64. The normalized spacial score (nSPS) is 12.1. The van der Waals surface area contributed by atoms with Gasteiger partial charge in [0.15, 0.2) is 0 Å². The second-order valence-electron chi connectivity index (χ2n) is 5.32. The fourth-order valence-corrected chi connectivity index (χ4v) is 2.57. The number of anilines is 1. The van der Waals surface area contributed by atoms with Crippen LogP contribution in [0.1, 0.15) is 24.2 Å². The Hall–Kier alpha value is -2.99. The van der Waals surface area contributed by atoms with Gasteiger partial charge in [-0.1, -0.05) is 30.3 Å². The summed E-state index contributed by atoms with van der Waals surface area (Å²) in [6.07, 6.45) is -1.12. The summed E-state index contributed by atoms with van der Waals surface area (Å²) in [6.45, 7) is 2.46. The van der Waals surface area contributed by atoms with Gasteiger partial charge in [-0.3, -0.25) is 9.89 Å². The van der Waals surface area contributed by atoms with Gasteiger partial charge < -0.3 is 15.6 Å². The SMILES string of the molecule is CCOc1ccc([C@H](O)c2c(N)[nH]n(-c3ccccc3)c2=O)cc1. The van der Waals surface area contributed by atoms with Crippen LogP contribution in [0.25, 0.3) is 5.69 Å². The number of benzene rings is 2. The fourth-order valence-electron chi connectivity index (χ4n) is 2.57. The maximum absolute atomic E-state index is 12.6. The number of hydrogen-bond donors (Lipinski definition) is 3. The van der Waals surface area contributed by atoms with E-state index in [0.717, 1.165) is 0 Å². The number of H-pyrrole nitrogens is 1. The standard InChI is InChI=1S/C18H19N3O3/c1-2-24-14-10-8-12(9-11-14)16(22)15-17(19)20-21(18(15)23)13-6-4-3-5-7-13/h3-11,16,20,22H,2,19H2,1H3/t16-/m0/s1. The van der Waals surface area contributed by atoms with Crippen LogP contribution in [-0.4, -0.2) is 21.5 Å². The molecule has 24 heavy (non-hydrogen) atoms. The molecule has 0 aliphatic heterocycles. The molecule has 1 heterocycles. The molecule has 0 aliphatic carbocycles. The van der Waals surface area contributed by atoms with Gasteiger partial charge in [-0.25, -0.2) is 4.68 Å². The molecule has 4 N–H and O–H groups in total. The zero-order valence-electron chi connectivity index (χ0n) is 13.3. The Morgan fingerprint density at radius 1 is 1.17 bits per heavy atom. The molecule has 3 rings (SSSR count). The maximum Gasteiger partial charge on any atom is 0.279 e. The van der Waals surface area contributed by atoms with Crippen LogP contribution >= 0.6 is 0 Å². The topological polar surface area (TPSA) is 93.3 Å². The summed E-state index contributed by atoms with van der Waals surface area (Å²) in [5.41, 5.74) is 6.91. The van der Waals surface area contributed by atoms with Crippen molar-refractivity contribution in [3.8, 4) is 11.4 Å². The van der Waals surface area contributed by atoms with Crippen molar-refractivity contribution in [2.45, 2.75) is 13.0 Å². The molecule has 2 aromatic carbocycles. The predicted octanol–water partition coefficient (Wildman–Crippen LogP) is 2.23. The van der Waals surface area contributed by atoms with Crippen molar-refractivity contribution in [3.05, 3.63) is 76.1 Å². The van der Waals surface area contributed by atoms with Crippen molar-refractivity contribution in [1.82, 2.24) is 9.78 Å². The first-order valence-corrected chi connectivity index (χ1v) is 7.68. The summed E-state index contributed by atoms with van der Waals surface area (Å²) in [5, 5.41) is 13.4. The van der Waals surface area contributed by atoms with Gasteiger partial charge in [0.05, 0.1) is 17.9 Å². The van der Waals surface area contributed by atoms with Crippen LogP contribution < -0.4 is 16.0 Å². The second-order valence-corrected chi connectivity index (χ2v) is 5.32. The molecule has 0 saturated heterocycles. The van der Waals surface area contributed by atoms with Crippen LogP contribution in [0.5, 0.6) is 5.75 Å². The van der Waals surface area contributed by atoms with E-state index in [2.05, 4.69) is 5.10 Å². The molecule has 0 fully saturated rings. The van der Waals surface area contributed by atoms with Crippen LogP contribution in [-0.2, 0) is 0 Å². The van der Waals surface area contributed by atoms with E-state index in [4.69, 9.17) is 10.5 Å². The number of ether oxygens (including phenoxy) is 1. The van der Waals surface area contributed by atoms with E-state index >= 15 is 0 Å². The van der Waals surface area contributed by atoms with E-state index in [9.17, 15) is 9.90 Å². The fraction of sp³-hybridized carbons (Fsp3) is 0.167. The highest BCUT2D eigenvalue weighted by Gasteiger charge is 2.22. The first-order chi connectivity index (χ1) is 11.6. The monoisotopic (exact) mass is 325 g/mol. The van der Waals surface area contributed by atoms with Gasteiger partial charge in [0.1, 0.15) is 17.7 Å². The van der Waals surface area contributed by atoms with Crippen LogP contribution in [0.2, 0.25) is 0 Å². The summed E-state index contributed by atoms with van der Waals surface area (Å²) in [6, 6.07) is 16.0. The quantitative estimate of drug-likeness (QED) is 0.670. The third-order valence-electron chi connectivity index (χ3n) is 3.75. The molecule has 1 atom stereocenters. The highest BCUT2D eigenvalue weighted by Crippen LogP contribution is 2.25. The summed E-state index contributed by atoms with van der Waals surface area (Å²) >= 11 is 0. The Labute approximate surface area is 139 Å². The predicted molar refractivity (Wildman–Crippen MR) is 92.5 cm³/mol. The minimum Gasteiger partial charge on any atom is -0.494 e. The molecule has 1 aromatic heterocycles. The number of hydrogen-bond acceptors (Lipinski definition) is 4. The average molecular weight is 325 g/mol. The molecule has 0 saturated carbocycles. The van der Waals surface area contributed by atoms with E-state index in [1.807, 2.05) is 25.1 Å². The number of nitrogens with zero attached hydrogens (tertiary/aromatic N) is 1. The van der Waals surface area contributed by atoms with Gasteiger partial charge in [0, 0.05) is 0 Å². The van der Waals surface area contributed by atoms with Gasteiger partial charge in [0.25, 0.3) is 5.56 Å². The summed E-state index contributed by atoms with van der Waals surface area (Å²) in [5.74, 6) is 0.849. The van der Waals surface area contributed by atoms with E-state index in [0.29, 0.717) is 23.6 Å². The zero-order valence-corrected chi connectivity index (χ0v) is 13.3. The summed E-state index contributed by atoms with van der Waals surface area (Å²) in [4.78, 5) is 12.6. The van der Waals surface area contributed by atoms with E-state index in [1.165, 1.54) is 4.68 Å². The van der Waals surface area contributed by atoms with Gasteiger partial charge >= 0.3 is 0 Å². The highest BCUT2D eigenvalue weighted by molar-refractivity contribution is 5.46. The van der Waals surface area contributed by atoms with E-state index in [-0.39, 0.29) is 16.9 Å². The first-order valence-electron chi connectivity index (χ1n) is 7.68. The molecule has 124 valence electrons. The third-order valence-corrected chi connectivity index (χ3v) is 3.75. The number of nitrogens with one attached hydrogen (secondary N) is 1. The van der Waals surface area contributed by atoms with Crippen LogP contribution in [0.3, 0.4) is 0 Å². The zero-order chi connectivity index (χ0) is 17.1. The van der Waals surface area contributed by atoms with Crippen molar-refractivity contribution in [1.29, 1.82) is 0 Å². The molecule has 0 unspecified atom stereocenters. The number of rotatable bonds is 5. The summed E-state index contributed by atoms with van der Waals surface area (Å²) in [7, 11) is 0. The smallest absolute Gasteiger partial charge is 0.279 e. The lowest BCUT2D eigenvalue weighted by Crippen LogP contribution is -2.20. The number of aliphatic hydroxyl groups excluding tert-OH is 1. The lowest BCUT2D eigenvalue weighted by atomic mass is 10.0. The largest absolute Gasteiger partial charge is 0.494 e. The van der Waals surface area contributed by atoms with Crippen molar-refractivity contribution in [3.63, 3.8) is 0 Å². The molecule has 0 bridgehead atoms. The lowest BCUT2D eigenvalue weighted by Gasteiger charge is -2.10. The molecular weight excluding hydrogens is 306 g/mol. The Morgan fingerprint density at radius 3 is 2.46 bits per heavy atom. The van der Waals surface area contributed by atoms with Crippen LogP contribution in [0.4, 0.5) is 5.82 Å². The Balaban J connectivity index is 1.97. The minimum atomic E-state index is -1.12.